The molecule has 4 nitrogen and oxygen atoms in total. The van der Waals surface area contributed by atoms with E-state index in [1.54, 1.807) is 13.8 Å². The molecule has 4 heteroatoms. The second-order valence-electron chi connectivity index (χ2n) is 8.43. The summed E-state index contributed by atoms with van der Waals surface area (Å²) in [5.41, 5.74) is 0.571. The molecule has 0 rings (SSSR count). The molecule has 0 aliphatic rings. The van der Waals surface area contributed by atoms with Gasteiger partial charge in [0.05, 0.1) is 12.2 Å². The minimum atomic E-state index is -0.542. The van der Waals surface area contributed by atoms with Crippen LogP contribution in [0, 0.1) is 0 Å². The number of carbonyl (C=O) groups is 2. The molecular formula is C26H46O4. The second kappa shape index (κ2) is 20.7. The van der Waals surface area contributed by atoms with Gasteiger partial charge < -0.3 is 9.47 Å². The van der Waals surface area contributed by atoms with Crippen molar-refractivity contribution < 1.29 is 19.1 Å². The van der Waals surface area contributed by atoms with Gasteiger partial charge in [-0.15, -0.1) is 0 Å². The van der Waals surface area contributed by atoms with Crippen molar-refractivity contribution in [2.24, 2.45) is 0 Å². The first-order valence-corrected chi connectivity index (χ1v) is 12.2. The first-order chi connectivity index (χ1) is 14.5. The van der Waals surface area contributed by atoms with Crippen molar-refractivity contribution >= 4 is 11.9 Å². The van der Waals surface area contributed by atoms with Gasteiger partial charge in [-0.2, -0.15) is 0 Å². The number of ether oxygens (including phenoxy) is 2. The lowest BCUT2D eigenvalue weighted by atomic mass is 10.0. The third kappa shape index (κ3) is 18.4. The molecule has 0 saturated heterocycles. The van der Waals surface area contributed by atoms with E-state index in [0.29, 0.717) is 12.2 Å². The summed E-state index contributed by atoms with van der Waals surface area (Å²) in [6.45, 7) is 9.30. The van der Waals surface area contributed by atoms with Crippen LogP contribution < -0.4 is 0 Å². The fourth-order valence-electron chi connectivity index (χ4n) is 3.22. The third-order valence-electron chi connectivity index (χ3n) is 5.24. The van der Waals surface area contributed by atoms with Crippen molar-refractivity contribution in [3.63, 3.8) is 0 Å². The zero-order valence-electron chi connectivity index (χ0n) is 19.9. The number of unbranched alkanes of at least 4 members (excludes halogenated alkanes) is 15. The van der Waals surface area contributed by atoms with Crippen molar-refractivity contribution in [3.8, 4) is 0 Å². The predicted octanol–water partition coefficient (Wildman–Crippen LogP) is 7.81. The Morgan fingerprint density at radius 3 is 1.47 bits per heavy atom. The lowest BCUT2D eigenvalue weighted by Crippen LogP contribution is -2.09. The Bertz CT molecular complexity index is 493. The van der Waals surface area contributed by atoms with E-state index in [0.717, 1.165) is 19.1 Å². The molecule has 0 radical (unpaired) electrons. The minimum absolute atomic E-state index is 0.279. The van der Waals surface area contributed by atoms with Crippen molar-refractivity contribution in [1.82, 2.24) is 0 Å². The highest BCUT2D eigenvalue weighted by molar-refractivity contribution is 5.90. The molecule has 0 aromatic rings. The van der Waals surface area contributed by atoms with Gasteiger partial charge in [0.1, 0.15) is 6.26 Å². The fourth-order valence-corrected chi connectivity index (χ4v) is 3.22. The number of esters is 2. The van der Waals surface area contributed by atoms with Gasteiger partial charge in [-0.05, 0) is 20.3 Å². The van der Waals surface area contributed by atoms with Crippen LogP contribution >= 0.6 is 0 Å². The van der Waals surface area contributed by atoms with Crippen LogP contribution in [0.15, 0.2) is 24.0 Å². The normalized spacial score (nSPS) is 11.4. The van der Waals surface area contributed by atoms with E-state index in [4.69, 9.17) is 9.47 Å². The standard InChI is InChI=1S/C26H46O4/c1-5-6-7-8-9-10-11-12-13-14-15-16-17-18-19-20-21-29-26(28)24(4)22-30-25(27)23(2)3/h22H,2,5-21H2,1,3-4H3/b24-22+. The number of hydrogen-bond acceptors (Lipinski definition) is 4. The Morgan fingerprint density at radius 2 is 1.07 bits per heavy atom. The molecule has 0 aliphatic carbocycles. The summed E-state index contributed by atoms with van der Waals surface area (Å²) in [5, 5.41) is 0. The number of carbonyl (C=O) groups excluding carboxylic acids is 2. The van der Waals surface area contributed by atoms with Crippen LogP contribution in [0.5, 0.6) is 0 Å². The van der Waals surface area contributed by atoms with E-state index >= 15 is 0 Å². The van der Waals surface area contributed by atoms with Gasteiger partial charge in [0.25, 0.3) is 0 Å². The maximum atomic E-state index is 11.8. The SMILES string of the molecule is C=C(C)C(=O)O/C=C(\C)C(=O)OCCCCCCCCCCCCCCCCCC. The molecule has 0 unspecified atom stereocenters. The van der Waals surface area contributed by atoms with Gasteiger partial charge in [-0.1, -0.05) is 110 Å². The van der Waals surface area contributed by atoms with Crippen molar-refractivity contribution in [2.45, 2.75) is 124 Å². The summed E-state index contributed by atoms with van der Waals surface area (Å²) in [6, 6.07) is 0. The van der Waals surface area contributed by atoms with E-state index in [1.807, 2.05) is 0 Å². The maximum Gasteiger partial charge on any atom is 0.337 e. The smallest absolute Gasteiger partial charge is 0.337 e. The van der Waals surface area contributed by atoms with Gasteiger partial charge in [0, 0.05) is 5.57 Å². The first-order valence-electron chi connectivity index (χ1n) is 12.2. The average Bonchev–Trinajstić information content (AvgIpc) is 2.73. The van der Waals surface area contributed by atoms with Crippen LogP contribution in [0.3, 0.4) is 0 Å². The number of hydrogen-bond donors (Lipinski definition) is 0. The molecule has 0 fully saturated rings. The van der Waals surface area contributed by atoms with E-state index in [2.05, 4.69) is 13.5 Å². The summed E-state index contributed by atoms with van der Waals surface area (Å²) in [6.07, 6.45) is 22.2. The quantitative estimate of drug-likeness (QED) is 0.0868. The second-order valence-corrected chi connectivity index (χ2v) is 8.43. The Balaban J connectivity index is 3.38. The summed E-state index contributed by atoms with van der Waals surface area (Å²) in [4.78, 5) is 23.1. The highest BCUT2D eigenvalue weighted by atomic mass is 16.5. The summed E-state index contributed by atoms with van der Waals surface area (Å²) >= 11 is 0. The molecule has 0 N–H and O–H groups in total. The van der Waals surface area contributed by atoms with Crippen LogP contribution in [0.4, 0.5) is 0 Å². The van der Waals surface area contributed by atoms with E-state index in [-0.39, 0.29) is 5.57 Å². The van der Waals surface area contributed by atoms with Gasteiger partial charge in [0.2, 0.25) is 0 Å². The topological polar surface area (TPSA) is 52.6 Å². The van der Waals surface area contributed by atoms with Gasteiger partial charge in [-0.3, -0.25) is 0 Å². The van der Waals surface area contributed by atoms with Crippen molar-refractivity contribution in [2.75, 3.05) is 6.61 Å². The zero-order valence-corrected chi connectivity index (χ0v) is 19.9. The Morgan fingerprint density at radius 1 is 0.667 bits per heavy atom. The van der Waals surface area contributed by atoms with Crippen LogP contribution in [0.1, 0.15) is 124 Å². The van der Waals surface area contributed by atoms with Crippen molar-refractivity contribution in [1.29, 1.82) is 0 Å². The highest BCUT2D eigenvalue weighted by Gasteiger charge is 2.08. The molecule has 174 valence electrons. The van der Waals surface area contributed by atoms with Crippen LogP contribution in [0.25, 0.3) is 0 Å². The summed E-state index contributed by atoms with van der Waals surface area (Å²) < 4.78 is 10.0. The Kier molecular flexibility index (Phi) is 19.6. The van der Waals surface area contributed by atoms with Gasteiger partial charge >= 0.3 is 11.9 Å². The summed E-state index contributed by atoms with van der Waals surface area (Å²) in [5.74, 6) is -0.981. The molecule has 0 saturated carbocycles. The monoisotopic (exact) mass is 422 g/mol. The van der Waals surface area contributed by atoms with E-state index < -0.39 is 11.9 Å². The van der Waals surface area contributed by atoms with Gasteiger partial charge in [0.15, 0.2) is 0 Å². The summed E-state index contributed by atoms with van der Waals surface area (Å²) in [7, 11) is 0. The van der Waals surface area contributed by atoms with Gasteiger partial charge in [-0.25, -0.2) is 9.59 Å². The number of rotatable bonds is 20. The lowest BCUT2D eigenvalue weighted by molar-refractivity contribution is -0.139. The lowest BCUT2D eigenvalue weighted by Gasteiger charge is -2.06. The third-order valence-corrected chi connectivity index (χ3v) is 5.24. The zero-order chi connectivity index (χ0) is 22.5. The van der Waals surface area contributed by atoms with Crippen LogP contribution in [-0.4, -0.2) is 18.5 Å². The van der Waals surface area contributed by atoms with E-state index in [9.17, 15) is 9.59 Å². The Labute approximate surface area is 185 Å². The molecule has 0 spiro atoms. The molecule has 30 heavy (non-hydrogen) atoms. The average molecular weight is 423 g/mol. The molecule has 0 amide bonds. The van der Waals surface area contributed by atoms with Crippen LogP contribution in [0.2, 0.25) is 0 Å². The Hall–Kier alpha value is -1.58. The first kappa shape index (κ1) is 28.4. The molecule has 0 heterocycles. The van der Waals surface area contributed by atoms with E-state index in [1.165, 1.54) is 89.9 Å². The molecule has 0 bridgehead atoms. The molecule has 0 atom stereocenters. The maximum absolute atomic E-state index is 11.8. The minimum Gasteiger partial charge on any atom is -0.462 e. The van der Waals surface area contributed by atoms with Crippen molar-refractivity contribution in [3.05, 3.63) is 24.0 Å². The molecule has 0 aliphatic heterocycles. The largest absolute Gasteiger partial charge is 0.462 e. The molecule has 0 aromatic carbocycles. The van der Waals surface area contributed by atoms with Crippen LogP contribution in [-0.2, 0) is 19.1 Å². The fraction of sp³-hybridized carbons (Fsp3) is 0.769. The predicted molar refractivity (Wildman–Crippen MR) is 125 cm³/mol. The molecular weight excluding hydrogens is 376 g/mol. The highest BCUT2D eigenvalue weighted by Crippen LogP contribution is 2.13. The molecule has 0 aromatic heterocycles.